The van der Waals surface area contributed by atoms with Gasteiger partial charge in [-0.25, -0.2) is 4.79 Å². The molecule has 144 valence electrons. The predicted octanol–water partition coefficient (Wildman–Crippen LogP) is 5.10. The molecule has 1 aliphatic rings. The fraction of sp³-hybridized carbons (Fsp3) is 0.778. The van der Waals surface area contributed by atoms with Crippen LogP contribution in [0, 0.1) is 17.3 Å². The SMILES string of the molecule is COC(=O)C(C)(O[Si](C)(C)C(C)(C)C)C(=O)C1C(C=C(Cl)Cl)C1(C)C. The third-order valence-corrected chi connectivity index (χ3v) is 10.6. The van der Waals surface area contributed by atoms with Crippen molar-refractivity contribution in [1.29, 1.82) is 0 Å². The number of halogens is 2. The van der Waals surface area contributed by atoms with Crippen molar-refractivity contribution in [3.8, 4) is 0 Å². The zero-order chi connectivity index (χ0) is 20.0. The molecule has 3 atom stereocenters. The topological polar surface area (TPSA) is 52.6 Å². The first-order valence-electron chi connectivity index (χ1n) is 8.38. The first kappa shape index (κ1) is 22.7. The number of ketones is 1. The van der Waals surface area contributed by atoms with Crippen LogP contribution in [0.15, 0.2) is 10.6 Å². The van der Waals surface area contributed by atoms with Crippen LogP contribution in [0.4, 0.5) is 0 Å². The average molecular weight is 409 g/mol. The second kappa shape index (κ2) is 6.99. The largest absolute Gasteiger partial charge is 0.467 e. The summed E-state index contributed by atoms with van der Waals surface area (Å²) in [5.74, 6) is -1.46. The molecule has 0 spiro atoms. The van der Waals surface area contributed by atoms with Crippen molar-refractivity contribution in [3.05, 3.63) is 10.6 Å². The van der Waals surface area contributed by atoms with Gasteiger partial charge >= 0.3 is 5.97 Å². The molecule has 0 bridgehead atoms. The molecule has 0 N–H and O–H groups in total. The van der Waals surface area contributed by atoms with E-state index in [4.69, 9.17) is 32.4 Å². The van der Waals surface area contributed by atoms with Gasteiger partial charge in [0.25, 0.3) is 0 Å². The van der Waals surface area contributed by atoms with Gasteiger partial charge in [0, 0.05) is 5.92 Å². The molecule has 0 heterocycles. The summed E-state index contributed by atoms with van der Waals surface area (Å²) in [5, 5.41) is -0.152. The molecule has 1 aliphatic carbocycles. The van der Waals surface area contributed by atoms with E-state index in [1.807, 2.05) is 26.9 Å². The van der Waals surface area contributed by atoms with E-state index in [1.165, 1.54) is 14.0 Å². The number of methoxy groups -OCH3 is 1. The molecular weight excluding hydrogens is 379 g/mol. The van der Waals surface area contributed by atoms with E-state index >= 15 is 0 Å². The highest BCUT2D eigenvalue weighted by Crippen LogP contribution is 2.61. The van der Waals surface area contributed by atoms with Gasteiger partial charge in [-0.05, 0) is 42.5 Å². The predicted molar refractivity (Wildman–Crippen MR) is 104 cm³/mol. The van der Waals surface area contributed by atoms with Gasteiger partial charge in [0.2, 0.25) is 5.60 Å². The molecule has 1 fully saturated rings. The van der Waals surface area contributed by atoms with Gasteiger partial charge in [0.15, 0.2) is 14.1 Å². The number of ether oxygens (including phenoxy) is 1. The summed E-state index contributed by atoms with van der Waals surface area (Å²) in [6.45, 7) is 15.6. The summed E-state index contributed by atoms with van der Waals surface area (Å²) in [5.41, 5.74) is -1.97. The molecule has 0 amide bonds. The highest BCUT2D eigenvalue weighted by Gasteiger charge is 2.66. The van der Waals surface area contributed by atoms with Crippen LogP contribution in [0.2, 0.25) is 18.1 Å². The number of hydrogen-bond acceptors (Lipinski definition) is 4. The van der Waals surface area contributed by atoms with Crippen molar-refractivity contribution >= 4 is 43.3 Å². The van der Waals surface area contributed by atoms with Crippen molar-refractivity contribution in [1.82, 2.24) is 0 Å². The van der Waals surface area contributed by atoms with Crippen LogP contribution in [0.1, 0.15) is 41.5 Å². The van der Waals surface area contributed by atoms with Crippen molar-refractivity contribution in [2.75, 3.05) is 7.11 Å². The lowest BCUT2D eigenvalue weighted by molar-refractivity contribution is -0.165. The summed E-state index contributed by atoms with van der Waals surface area (Å²) in [4.78, 5) is 25.9. The van der Waals surface area contributed by atoms with E-state index in [1.54, 1.807) is 6.08 Å². The molecule has 7 heteroatoms. The van der Waals surface area contributed by atoms with E-state index in [2.05, 4.69) is 20.8 Å². The first-order valence-corrected chi connectivity index (χ1v) is 12.0. The highest BCUT2D eigenvalue weighted by atomic mass is 35.5. The normalized spacial score (nSPS) is 24.9. The number of carbonyl (C=O) groups is 2. The van der Waals surface area contributed by atoms with Crippen LogP contribution in [0.5, 0.6) is 0 Å². The maximum atomic E-state index is 13.3. The lowest BCUT2D eigenvalue weighted by Gasteiger charge is -2.42. The Kier molecular flexibility index (Phi) is 6.34. The Morgan fingerprint density at radius 1 is 1.12 bits per heavy atom. The number of carbonyl (C=O) groups excluding carboxylic acids is 2. The lowest BCUT2D eigenvalue weighted by Crippen LogP contribution is -2.57. The Hall–Kier alpha value is -0.363. The van der Waals surface area contributed by atoms with Crippen molar-refractivity contribution in [3.63, 3.8) is 0 Å². The van der Waals surface area contributed by atoms with E-state index in [-0.39, 0.29) is 26.6 Å². The zero-order valence-electron chi connectivity index (χ0n) is 16.6. The smallest absolute Gasteiger partial charge is 0.344 e. The second-order valence-electron chi connectivity index (χ2n) is 9.03. The zero-order valence-corrected chi connectivity index (χ0v) is 19.1. The number of rotatable bonds is 6. The molecule has 1 saturated carbocycles. The third-order valence-electron chi connectivity index (χ3n) is 5.81. The Bertz CT molecular complexity index is 588. The van der Waals surface area contributed by atoms with Crippen LogP contribution >= 0.6 is 23.2 Å². The molecule has 0 aliphatic heterocycles. The highest BCUT2D eigenvalue weighted by molar-refractivity contribution is 6.74. The number of esters is 1. The van der Waals surface area contributed by atoms with Crippen molar-refractivity contribution in [2.45, 2.75) is 65.3 Å². The van der Waals surface area contributed by atoms with Gasteiger partial charge in [-0.3, -0.25) is 4.79 Å². The molecule has 25 heavy (non-hydrogen) atoms. The molecule has 0 aromatic heterocycles. The molecule has 0 saturated heterocycles. The monoisotopic (exact) mass is 408 g/mol. The van der Waals surface area contributed by atoms with Crippen LogP contribution in [-0.4, -0.2) is 32.8 Å². The van der Waals surface area contributed by atoms with Crippen LogP contribution in [-0.2, 0) is 18.8 Å². The average Bonchev–Trinajstić information content (AvgIpc) is 2.94. The van der Waals surface area contributed by atoms with E-state index in [0.29, 0.717) is 0 Å². The van der Waals surface area contributed by atoms with Gasteiger partial charge in [0.05, 0.1) is 7.11 Å². The van der Waals surface area contributed by atoms with Gasteiger partial charge < -0.3 is 9.16 Å². The Labute approximate surface area is 162 Å². The maximum absolute atomic E-state index is 13.3. The van der Waals surface area contributed by atoms with Crippen LogP contribution < -0.4 is 0 Å². The van der Waals surface area contributed by atoms with Gasteiger partial charge in [-0.1, -0.05) is 57.8 Å². The Balaban J connectivity index is 3.26. The summed E-state index contributed by atoms with van der Waals surface area (Å²) in [6, 6.07) is 0. The molecule has 1 rings (SSSR count). The first-order chi connectivity index (χ1) is 11.0. The lowest BCUT2D eigenvalue weighted by atomic mass is 9.93. The fourth-order valence-corrected chi connectivity index (χ4v) is 4.75. The summed E-state index contributed by atoms with van der Waals surface area (Å²) < 4.78 is 11.3. The molecule has 0 aromatic rings. The second-order valence-corrected chi connectivity index (χ2v) is 14.8. The maximum Gasteiger partial charge on any atom is 0.344 e. The van der Waals surface area contributed by atoms with Crippen LogP contribution in [0.25, 0.3) is 0 Å². The Morgan fingerprint density at radius 3 is 1.96 bits per heavy atom. The molecule has 4 nitrogen and oxygen atoms in total. The molecule has 3 unspecified atom stereocenters. The van der Waals surface area contributed by atoms with E-state index in [9.17, 15) is 9.59 Å². The Morgan fingerprint density at radius 2 is 1.60 bits per heavy atom. The molecule has 0 aromatic carbocycles. The minimum absolute atomic E-state index is 0.124. The minimum atomic E-state index is -2.39. The van der Waals surface area contributed by atoms with Gasteiger partial charge in [-0.15, -0.1) is 0 Å². The van der Waals surface area contributed by atoms with E-state index in [0.717, 1.165) is 0 Å². The van der Waals surface area contributed by atoms with Crippen molar-refractivity contribution < 1.29 is 18.8 Å². The van der Waals surface area contributed by atoms with Crippen molar-refractivity contribution in [2.24, 2.45) is 17.3 Å². The quantitative estimate of drug-likeness (QED) is 0.348. The number of allylic oxidation sites excluding steroid dienone is 1. The number of Topliss-reactive ketones (excluding diaryl/α,β-unsaturated/α-hetero) is 1. The van der Waals surface area contributed by atoms with Gasteiger partial charge in [-0.2, -0.15) is 0 Å². The summed E-state index contributed by atoms with van der Waals surface area (Å²) >= 11 is 11.6. The third kappa shape index (κ3) is 4.32. The summed E-state index contributed by atoms with van der Waals surface area (Å²) in [6.07, 6.45) is 1.66. The summed E-state index contributed by atoms with van der Waals surface area (Å²) in [7, 11) is -1.12. The minimum Gasteiger partial charge on any atom is -0.467 e. The molecule has 0 radical (unpaired) electrons. The number of hydrogen-bond donors (Lipinski definition) is 0. The van der Waals surface area contributed by atoms with Crippen LogP contribution in [0.3, 0.4) is 0 Å². The fourth-order valence-electron chi connectivity index (χ4n) is 2.97. The standard InChI is InChI=1S/C18H30Cl2O4Si/c1-16(2,3)25(8,9)24-18(6,15(22)23-7)14(21)13-11(10-12(19)20)17(13,4)5/h10-11,13H,1-9H3. The van der Waals surface area contributed by atoms with E-state index < -0.39 is 25.8 Å². The molecular formula is C18H30Cl2O4Si. The van der Waals surface area contributed by atoms with Gasteiger partial charge in [0.1, 0.15) is 4.49 Å².